The molecular formula is C32H42N4O2S. The van der Waals surface area contributed by atoms with Gasteiger partial charge in [0.25, 0.3) is 0 Å². The monoisotopic (exact) mass is 546 g/mol. The number of carbonyl (C=O) groups is 2. The van der Waals surface area contributed by atoms with Crippen molar-refractivity contribution in [3.63, 3.8) is 0 Å². The minimum atomic E-state index is -0.456. The number of amides is 1. The summed E-state index contributed by atoms with van der Waals surface area (Å²) < 4.78 is 0. The number of nitrogens with two attached hydrogens (primary N) is 1. The number of imidazole rings is 1. The minimum absolute atomic E-state index is 0.396. The molecule has 0 bridgehead atoms. The summed E-state index contributed by atoms with van der Waals surface area (Å²) in [5.74, 6) is 1.35. The van der Waals surface area contributed by atoms with Crippen LogP contribution < -0.4 is 5.73 Å². The molecule has 0 saturated heterocycles. The van der Waals surface area contributed by atoms with E-state index < -0.39 is 11.2 Å². The maximum absolute atomic E-state index is 10.1. The zero-order chi connectivity index (χ0) is 29.2. The number of nitriles is 1. The number of nitrogens with zero attached hydrogens (tertiary/aromatic N) is 2. The fourth-order valence-electron chi connectivity index (χ4n) is 3.87. The maximum Gasteiger partial charge on any atom is 0.230 e. The van der Waals surface area contributed by atoms with Crippen molar-refractivity contribution < 1.29 is 9.59 Å². The van der Waals surface area contributed by atoms with Crippen LogP contribution in [-0.4, -0.2) is 26.7 Å². The predicted octanol–water partition coefficient (Wildman–Crippen LogP) is 7.78. The molecule has 1 unspecified atom stereocenters. The van der Waals surface area contributed by atoms with Gasteiger partial charge in [0.15, 0.2) is 5.62 Å². The molecule has 1 amide bonds. The first-order chi connectivity index (χ1) is 18.6. The summed E-state index contributed by atoms with van der Waals surface area (Å²) in [6.45, 7) is 13.7. The fourth-order valence-corrected chi connectivity index (χ4v) is 4.17. The topological polar surface area (TPSA) is 113 Å². The van der Waals surface area contributed by atoms with E-state index in [1.807, 2.05) is 38.1 Å². The third kappa shape index (κ3) is 13.1. The second kappa shape index (κ2) is 18.6. The van der Waals surface area contributed by atoms with Gasteiger partial charge in [-0.3, -0.25) is 9.59 Å². The van der Waals surface area contributed by atoms with Crippen LogP contribution in [0.25, 0.3) is 16.6 Å². The first kappa shape index (κ1) is 33.4. The molecular weight excluding hydrogens is 504 g/mol. The molecule has 6 nitrogen and oxygen atoms in total. The number of thioether (sulfide) groups is 1. The molecule has 208 valence electrons. The average molecular weight is 547 g/mol. The fraction of sp³-hybridized carbons (Fsp3) is 0.375. The van der Waals surface area contributed by atoms with E-state index in [4.69, 9.17) is 11.0 Å². The number of hydrogen-bond donors (Lipinski definition) is 2. The largest absolute Gasteiger partial charge is 0.369 e. The lowest BCUT2D eigenvalue weighted by Crippen LogP contribution is -2.22. The molecule has 1 aliphatic rings. The van der Waals surface area contributed by atoms with E-state index in [1.54, 1.807) is 24.6 Å². The van der Waals surface area contributed by atoms with Crippen molar-refractivity contribution in [2.75, 3.05) is 0 Å². The summed E-state index contributed by atoms with van der Waals surface area (Å²) in [7, 11) is 0. The number of carbonyl (C=O) groups excluding carboxylic acids is 2. The summed E-state index contributed by atoms with van der Waals surface area (Å²) >= 11 is 0.884. The van der Waals surface area contributed by atoms with Crippen molar-refractivity contribution in [3.05, 3.63) is 83.7 Å². The average Bonchev–Trinajstić information content (AvgIpc) is 3.33. The minimum Gasteiger partial charge on any atom is -0.369 e. The maximum atomic E-state index is 10.1. The normalized spacial score (nSPS) is 13.7. The van der Waals surface area contributed by atoms with Gasteiger partial charge in [-0.2, -0.15) is 5.26 Å². The first-order valence-corrected chi connectivity index (χ1v) is 14.2. The third-order valence-electron chi connectivity index (χ3n) is 6.36. The lowest BCUT2D eigenvalue weighted by molar-refractivity contribution is -0.117. The number of aromatic amines is 1. The van der Waals surface area contributed by atoms with Gasteiger partial charge in [0.1, 0.15) is 5.82 Å². The van der Waals surface area contributed by atoms with E-state index in [9.17, 15) is 9.59 Å². The first-order valence-electron chi connectivity index (χ1n) is 13.2. The van der Waals surface area contributed by atoms with Gasteiger partial charge < -0.3 is 10.7 Å². The second-order valence-electron chi connectivity index (χ2n) is 9.46. The van der Waals surface area contributed by atoms with Crippen LogP contribution in [0.5, 0.6) is 0 Å². The van der Waals surface area contributed by atoms with Crippen LogP contribution in [0.15, 0.2) is 66.8 Å². The van der Waals surface area contributed by atoms with Crippen molar-refractivity contribution in [2.24, 2.45) is 11.7 Å². The van der Waals surface area contributed by atoms with E-state index in [0.717, 1.165) is 40.1 Å². The van der Waals surface area contributed by atoms with E-state index in [0.29, 0.717) is 11.2 Å². The van der Waals surface area contributed by atoms with Crippen molar-refractivity contribution in [2.45, 2.75) is 72.0 Å². The highest BCUT2D eigenvalue weighted by Gasteiger charge is 2.13. The number of H-pyrrole nitrogens is 1. The molecule has 1 fully saturated rings. The van der Waals surface area contributed by atoms with Crippen LogP contribution >= 0.6 is 11.8 Å². The molecule has 0 aliphatic heterocycles. The van der Waals surface area contributed by atoms with Crippen molar-refractivity contribution in [1.29, 1.82) is 5.26 Å². The highest BCUT2D eigenvalue weighted by atomic mass is 32.2. The lowest BCUT2D eigenvalue weighted by Gasteiger charge is -2.21. The van der Waals surface area contributed by atoms with Crippen LogP contribution in [0, 0.1) is 24.2 Å². The van der Waals surface area contributed by atoms with E-state index in [-0.39, 0.29) is 0 Å². The Morgan fingerprint density at radius 2 is 1.82 bits per heavy atom. The molecule has 39 heavy (non-hydrogen) atoms. The third-order valence-corrected chi connectivity index (χ3v) is 7.11. The number of benzene rings is 2. The molecule has 1 aliphatic carbocycles. The SMILES string of the molecule is C/C=C(\C)C1CCCCC1.C=C(C)c1ccccc1.CC(SC=O)C(N)=O.Cc1nc2ccc(C#N)cc2[nH]1. The van der Waals surface area contributed by atoms with Crippen molar-refractivity contribution in [3.8, 4) is 6.07 Å². The standard InChI is InChI=1S/C10H18.C9H7N3.C9H10.C4H7NO2S/c1-3-9(2)10-7-5-4-6-8-10;1-6-11-8-3-2-7(5-10)4-9(8)12-6;1-8(2)9-6-4-3-5-7-9;1-3(4(5)7)8-2-6/h3,10H,4-8H2,1-2H3;2-4H,1H3,(H,11,12);3-7H,1H2,2H3;2-3H,1H3,(H2,5,7)/b9-3+;;;. The molecule has 1 atom stereocenters. The molecule has 0 radical (unpaired) electrons. The molecule has 0 spiro atoms. The van der Waals surface area contributed by atoms with Gasteiger partial charge in [0.05, 0.1) is 27.9 Å². The summed E-state index contributed by atoms with van der Waals surface area (Å²) in [5.41, 5.74) is 11.9. The smallest absolute Gasteiger partial charge is 0.230 e. The molecule has 3 aromatic rings. The zero-order valence-corrected chi connectivity index (χ0v) is 24.7. The number of aromatic nitrogens is 2. The zero-order valence-electron chi connectivity index (χ0n) is 23.9. The number of fused-ring (bicyclic) bond motifs is 1. The van der Waals surface area contributed by atoms with Gasteiger partial charge in [-0.05, 0) is 77.1 Å². The molecule has 7 heteroatoms. The van der Waals surface area contributed by atoms with Crippen LogP contribution in [-0.2, 0) is 9.59 Å². The number of hydrogen-bond acceptors (Lipinski definition) is 5. The Kier molecular flexibility index (Phi) is 15.9. The van der Waals surface area contributed by atoms with Crippen LogP contribution in [0.2, 0.25) is 0 Å². The van der Waals surface area contributed by atoms with Crippen LogP contribution in [0.4, 0.5) is 0 Å². The Hall–Kier alpha value is -3.63. The van der Waals surface area contributed by atoms with Gasteiger partial charge >= 0.3 is 0 Å². The Morgan fingerprint density at radius 3 is 2.28 bits per heavy atom. The number of aryl methyl sites for hydroxylation is 1. The number of rotatable bonds is 5. The summed E-state index contributed by atoms with van der Waals surface area (Å²) in [5, 5.41) is 8.22. The van der Waals surface area contributed by atoms with Gasteiger partial charge in [0, 0.05) is 0 Å². The Balaban J connectivity index is 0.000000264. The van der Waals surface area contributed by atoms with Gasteiger partial charge in [0.2, 0.25) is 5.91 Å². The summed E-state index contributed by atoms with van der Waals surface area (Å²) in [4.78, 5) is 27.1. The predicted molar refractivity (Wildman–Crippen MR) is 166 cm³/mol. The van der Waals surface area contributed by atoms with Crippen LogP contribution in [0.3, 0.4) is 0 Å². The van der Waals surface area contributed by atoms with Crippen molar-refractivity contribution in [1.82, 2.24) is 9.97 Å². The Bertz CT molecular complexity index is 1250. The number of primary amides is 1. The summed E-state index contributed by atoms with van der Waals surface area (Å²) in [6.07, 6.45) is 9.53. The van der Waals surface area contributed by atoms with E-state index in [2.05, 4.69) is 54.7 Å². The molecule has 1 aromatic heterocycles. The lowest BCUT2D eigenvalue weighted by atomic mass is 9.84. The molecule has 3 N–H and O–H groups in total. The van der Waals surface area contributed by atoms with Gasteiger partial charge in [-0.15, -0.1) is 0 Å². The molecule has 1 saturated carbocycles. The molecule has 4 rings (SSSR count). The Labute approximate surface area is 237 Å². The Morgan fingerprint density at radius 1 is 1.18 bits per heavy atom. The quantitative estimate of drug-likeness (QED) is 0.251. The number of allylic oxidation sites excluding steroid dienone is 3. The van der Waals surface area contributed by atoms with Gasteiger partial charge in [-0.1, -0.05) is 85.2 Å². The van der Waals surface area contributed by atoms with Gasteiger partial charge in [-0.25, -0.2) is 4.98 Å². The van der Waals surface area contributed by atoms with E-state index in [1.165, 1.54) is 37.7 Å². The van der Waals surface area contributed by atoms with Crippen molar-refractivity contribution >= 4 is 39.9 Å². The number of nitrogens with one attached hydrogen (secondary N) is 1. The molecule has 1 heterocycles. The van der Waals surface area contributed by atoms with Crippen LogP contribution in [0.1, 0.15) is 76.8 Å². The molecule has 2 aromatic carbocycles. The van der Waals surface area contributed by atoms with E-state index >= 15 is 0 Å². The highest BCUT2D eigenvalue weighted by Crippen LogP contribution is 2.29. The summed E-state index contributed by atoms with van der Waals surface area (Å²) in [6, 6.07) is 17.7. The highest BCUT2D eigenvalue weighted by molar-refractivity contribution is 8.12. The second-order valence-corrected chi connectivity index (χ2v) is 10.6.